The van der Waals surface area contributed by atoms with E-state index >= 15 is 0 Å². The fraction of sp³-hybridized carbons (Fsp3) is 1.00. The normalized spacial score (nSPS) is 12.3. The minimum Gasteiger partial charge on any atom is -0.324 e. The van der Waals surface area contributed by atoms with Gasteiger partial charge in [-0.1, -0.05) is 52.4 Å². The molecule has 0 heterocycles. The second-order valence-corrected chi connectivity index (χ2v) is 6.46. The van der Waals surface area contributed by atoms with Gasteiger partial charge in [0.15, 0.2) is 0 Å². The lowest BCUT2D eigenvalue weighted by atomic mass is 9.92. The van der Waals surface area contributed by atoms with Gasteiger partial charge in [0, 0.05) is 6.16 Å². The third-order valence-corrected chi connectivity index (χ3v) is 3.89. The third kappa shape index (κ3) is 10.7. The standard InChI is InChI=1S/C12H27O3P/c1-3-5-8-12(9-6-4-2)10-7-11-16(13,14)15/h12H,3-11H2,1-2H3,(H2,13,14,15). The molecule has 0 rings (SSSR count). The van der Waals surface area contributed by atoms with E-state index in [1.54, 1.807) is 0 Å². The number of rotatable bonds is 10. The van der Waals surface area contributed by atoms with Crippen LogP contribution < -0.4 is 0 Å². The highest BCUT2D eigenvalue weighted by Crippen LogP contribution is 2.36. The third-order valence-electron chi connectivity index (χ3n) is 2.99. The molecule has 0 fully saturated rings. The SMILES string of the molecule is CCCCC(CCCC)CCCP(=O)(O)O. The molecule has 98 valence electrons. The molecule has 0 unspecified atom stereocenters. The first-order valence-electron chi connectivity index (χ1n) is 6.54. The smallest absolute Gasteiger partial charge is 0.324 e. The zero-order valence-electron chi connectivity index (χ0n) is 10.7. The molecule has 16 heavy (non-hydrogen) atoms. The van der Waals surface area contributed by atoms with Gasteiger partial charge in [-0.15, -0.1) is 0 Å². The molecule has 0 spiro atoms. The lowest BCUT2D eigenvalue weighted by molar-refractivity contribution is 0.358. The Balaban J connectivity index is 3.76. The average molecular weight is 250 g/mol. The van der Waals surface area contributed by atoms with Gasteiger partial charge >= 0.3 is 7.60 Å². The molecule has 0 aromatic carbocycles. The van der Waals surface area contributed by atoms with Crippen molar-refractivity contribution < 1.29 is 14.4 Å². The van der Waals surface area contributed by atoms with Crippen molar-refractivity contribution in [1.29, 1.82) is 0 Å². The van der Waals surface area contributed by atoms with E-state index in [4.69, 9.17) is 9.79 Å². The molecule has 0 aliphatic rings. The molecule has 0 aromatic heterocycles. The highest BCUT2D eigenvalue weighted by molar-refractivity contribution is 7.51. The van der Waals surface area contributed by atoms with Crippen LogP contribution in [0, 0.1) is 5.92 Å². The van der Waals surface area contributed by atoms with E-state index in [-0.39, 0.29) is 6.16 Å². The average Bonchev–Trinajstić information content (AvgIpc) is 2.19. The molecular formula is C12H27O3P. The van der Waals surface area contributed by atoms with Crippen LogP contribution in [0.5, 0.6) is 0 Å². The van der Waals surface area contributed by atoms with E-state index < -0.39 is 7.60 Å². The van der Waals surface area contributed by atoms with Crippen LogP contribution in [0.3, 0.4) is 0 Å². The first-order chi connectivity index (χ1) is 7.49. The largest absolute Gasteiger partial charge is 0.325 e. The monoisotopic (exact) mass is 250 g/mol. The Morgan fingerprint density at radius 3 is 1.75 bits per heavy atom. The van der Waals surface area contributed by atoms with Gasteiger partial charge in [-0.25, -0.2) is 0 Å². The van der Waals surface area contributed by atoms with Crippen molar-refractivity contribution in [3.63, 3.8) is 0 Å². The number of hydrogen-bond donors (Lipinski definition) is 2. The predicted octanol–water partition coefficient (Wildman–Crippen LogP) is 3.94. The van der Waals surface area contributed by atoms with Gasteiger partial charge < -0.3 is 9.79 Å². The Kier molecular flexibility index (Phi) is 9.29. The lowest BCUT2D eigenvalue weighted by Crippen LogP contribution is -2.02. The maximum atomic E-state index is 10.7. The van der Waals surface area contributed by atoms with Crippen LogP contribution in [0.1, 0.15) is 65.2 Å². The zero-order chi connectivity index (χ0) is 12.4. The van der Waals surface area contributed by atoms with Crippen molar-refractivity contribution in [1.82, 2.24) is 0 Å². The van der Waals surface area contributed by atoms with E-state index in [0.717, 1.165) is 6.42 Å². The maximum absolute atomic E-state index is 10.7. The second kappa shape index (κ2) is 9.21. The summed E-state index contributed by atoms with van der Waals surface area (Å²) in [4.78, 5) is 17.6. The molecule has 0 atom stereocenters. The zero-order valence-corrected chi connectivity index (χ0v) is 11.6. The van der Waals surface area contributed by atoms with Crippen molar-refractivity contribution in [2.24, 2.45) is 5.92 Å². The quantitative estimate of drug-likeness (QED) is 0.577. The van der Waals surface area contributed by atoms with Crippen molar-refractivity contribution >= 4 is 7.60 Å². The van der Waals surface area contributed by atoms with E-state index in [0.29, 0.717) is 12.3 Å². The molecule has 0 saturated heterocycles. The molecule has 2 N–H and O–H groups in total. The summed E-state index contributed by atoms with van der Waals surface area (Å²) in [6.45, 7) is 4.37. The Labute approximate surface area is 99.8 Å². The van der Waals surface area contributed by atoms with E-state index in [2.05, 4.69) is 13.8 Å². The molecule has 0 aromatic rings. The van der Waals surface area contributed by atoms with Gasteiger partial charge in [-0.3, -0.25) is 4.57 Å². The summed E-state index contributed by atoms with van der Waals surface area (Å²) in [5, 5.41) is 0. The van der Waals surface area contributed by atoms with Crippen LogP contribution in [-0.4, -0.2) is 15.9 Å². The minimum atomic E-state index is -3.77. The maximum Gasteiger partial charge on any atom is 0.325 e. The van der Waals surface area contributed by atoms with E-state index in [1.165, 1.54) is 38.5 Å². The molecule has 0 radical (unpaired) electrons. The summed E-state index contributed by atoms with van der Waals surface area (Å²) in [6, 6.07) is 0. The Morgan fingerprint density at radius 2 is 1.38 bits per heavy atom. The molecule has 0 bridgehead atoms. The van der Waals surface area contributed by atoms with Crippen molar-refractivity contribution in [3.05, 3.63) is 0 Å². The Morgan fingerprint density at radius 1 is 0.938 bits per heavy atom. The van der Waals surface area contributed by atoms with Crippen molar-refractivity contribution in [2.45, 2.75) is 65.2 Å². The lowest BCUT2D eigenvalue weighted by Gasteiger charge is -2.16. The van der Waals surface area contributed by atoms with Gasteiger partial charge in [0.05, 0.1) is 0 Å². The number of unbranched alkanes of at least 4 members (excludes halogenated alkanes) is 2. The van der Waals surface area contributed by atoms with Crippen LogP contribution in [0.25, 0.3) is 0 Å². The van der Waals surface area contributed by atoms with E-state index in [1.807, 2.05) is 0 Å². The predicted molar refractivity (Wildman–Crippen MR) is 68.7 cm³/mol. The summed E-state index contributed by atoms with van der Waals surface area (Å²) in [6.07, 6.45) is 9.04. The van der Waals surface area contributed by atoms with Crippen LogP contribution in [0.2, 0.25) is 0 Å². The molecule has 3 nitrogen and oxygen atoms in total. The topological polar surface area (TPSA) is 57.5 Å². The summed E-state index contributed by atoms with van der Waals surface area (Å²) < 4.78 is 10.7. The van der Waals surface area contributed by atoms with Gasteiger partial charge in [0.2, 0.25) is 0 Å². The van der Waals surface area contributed by atoms with Gasteiger partial charge in [0.1, 0.15) is 0 Å². The van der Waals surface area contributed by atoms with Gasteiger partial charge in [0.25, 0.3) is 0 Å². The summed E-state index contributed by atoms with van der Waals surface area (Å²) in [7, 11) is -3.77. The fourth-order valence-corrected chi connectivity index (χ4v) is 2.60. The fourth-order valence-electron chi connectivity index (χ4n) is 2.00. The summed E-state index contributed by atoms with van der Waals surface area (Å²) in [5.41, 5.74) is 0. The number of hydrogen-bond acceptors (Lipinski definition) is 1. The van der Waals surface area contributed by atoms with Crippen LogP contribution in [0.15, 0.2) is 0 Å². The van der Waals surface area contributed by atoms with Crippen molar-refractivity contribution in [2.75, 3.05) is 6.16 Å². The van der Waals surface area contributed by atoms with Crippen molar-refractivity contribution in [3.8, 4) is 0 Å². The van der Waals surface area contributed by atoms with E-state index in [9.17, 15) is 4.57 Å². The van der Waals surface area contributed by atoms with Crippen LogP contribution in [0.4, 0.5) is 0 Å². The molecular weight excluding hydrogens is 223 g/mol. The highest BCUT2D eigenvalue weighted by Gasteiger charge is 2.14. The van der Waals surface area contributed by atoms with Gasteiger partial charge in [-0.2, -0.15) is 0 Å². The summed E-state index contributed by atoms with van der Waals surface area (Å²) in [5.74, 6) is 0.673. The molecule has 0 aliphatic heterocycles. The minimum absolute atomic E-state index is 0.0573. The first-order valence-corrected chi connectivity index (χ1v) is 8.34. The Bertz CT molecular complexity index is 192. The summed E-state index contributed by atoms with van der Waals surface area (Å²) >= 11 is 0. The molecule has 4 heteroatoms. The molecule has 0 saturated carbocycles. The Hall–Kier alpha value is 0.150. The molecule has 0 aliphatic carbocycles. The van der Waals surface area contributed by atoms with Gasteiger partial charge in [-0.05, 0) is 18.8 Å². The highest BCUT2D eigenvalue weighted by atomic mass is 31.2. The molecule has 0 amide bonds. The van der Waals surface area contributed by atoms with Crippen LogP contribution in [-0.2, 0) is 4.57 Å². The second-order valence-electron chi connectivity index (χ2n) is 4.68. The van der Waals surface area contributed by atoms with Crippen LogP contribution >= 0.6 is 7.60 Å². The first kappa shape index (κ1) is 16.1.